The third-order valence-corrected chi connectivity index (χ3v) is 3.30. The normalized spacial score (nSPS) is 17.2. The minimum atomic E-state index is 0.245. The van der Waals surface area contributed by atoms with Crippen LogP contribution in [0, 0.1) is 11.3 Å². The molecule has 1 aromatic rings. The van der Waals surface area contributed by atoms with Crippen molar-refractivity contribution < 1.29 is 0 Å². The Morgan fingerprint density at radius 3 is 2.72 bits per heavy atom. The Morgan fingerprint density at radius 2 is 2.00 bits per heavy atom. The molecule has 0 amide bonds. The minimum absolute atomic E-state index is 0.245. The fourth-order valence-electron chi connectivity index (χ4n) is 2.17. The van der Waals surface area contributed by atoms with Gasteiger partial charge in [-0.2, -0.15) is 5.26 Å². The molecule has 0 saturated heterocycles. The topological polar surface area (TPSA) is 48.2 Å². The second-order valence-corrected chi connectivity index (χ2v) is 4.74. The van der Waals surface area contributed by atoms with E-state index in [1.54, 1.807) is 0 Å². The zero-order valence-corrected chi connectivity index (χ0v) is 10.8. The summed E-state index contributed by atoms with van der Waals surface area (Å²) in [5, 5.41) is 12.3. The Balaban J connectivity index is 2.00. The van der Waals surface area contributed by atoms with Gasteiger partial charge in [-0.15, -0.1) is 0 Å². The number of hydrogen-bond acceptors (Lipinski definition) is 3. The molecule has 3 nitrogen and oxygen atoms in total. The van der Waals surface area contributed by atoms with Gasteiger partial charge >= 0.3 is 0 Å². The second-order valence-electron chi connectivity index (χ2n) is 4.74. The number of aliphatic imine (C=N–C) groups is 1. The molecule has 0 spiro atoms. The molecule has 0 fully saturated rings. The van der Waals surface area contributed by atoms with E-state index >= 15 is 0 Å². The zero-order valence-electron chi connectivity index (χ0n) is 10.8. The van der Waals surface area contributed by atoms with E-state index in [9.17, 15) is 0 Å². The van der Waals surface area contributed by atoms with E-state index in [4.69, 9.17) is 5.26 Å². The monoisotopic (exact) mass is 241 g/mol. The van der Waals surface area contributed by atoms with Gasteiger partial charge in [0.15, 0.2) is 0 Å². The zero-order chi connectivity index (χ0) is 12.8. The lowest BCUT2D eigenvalue weighted by molar-refractivity contribution is 0.693. The molecule has 1 aromatic carbocycles. The van der Waals surface area contributed by atoms with Crippen LogP contribution in [0.15, 0.2) is 29.3 Å². The number of benzene rings is 1. The van der Waals surface area contributed by atoms with Gasteiger partial charge in [-0.05, 0) is 37.5 Å². The van der Waals surface area contributed by atoms with Crippen LogP contribution in [0.2, 0.25) is 0 Å². The molecule has 3 heteroatoms. The second kappa shape index (κ2) is 6.20. The van der Waals surface area contributed by atoms with Crippen LogP contribution in [-0.2, 0) is 0 Å². The number of nitriles is 1. The lowest BCUT2D eigenvalue weighted by Crippen LogP contribution is -2.26. The molecular weight excluding hydrogens is 222 g/mol. The van der Waals surface area contributed by atoms with Crippen LogP contribution in [-0.4, -0.2) is 12.4 Å². The van der Waals surface area contributed by atoms with Crippen molar-refractivity contribution in [3.05, 3.63) is 35.4 Å². The van der Waals surface area contributed by atoms with Gasteiger partial charge in [-0.3, -0.25) is 4.99 Å². The van der Waals surface area contributed by atoms with Crippen molar-refractivity contribution in [2.45, 2.75) is 38.6 Å². The summed E-state index contributed by atoms with van der Waals surface area (Å²) in [4.78, 5) is 4.58. The van der Waals surface area contributed by atoms with Gasteiger partial charge < -0.3 is 5.32 Å². The Bertz CT molecular complexity index is 454. The average Bonchev–Trinajstić information content (AvgIpc) is 2.67. The number of rotatable bonds is 2. The maximum Gasteiger partial charge on any atom is 0.0991 e. The predicted octanol–water partition coefficient (Wildman–Crippen LogP) is 3.18. The predicted molar refractivity (Wildman–Crippen MR) is 73.5 cm³/mol. The van der Waals surface area contributed by atoms with Crippen molar-refractivity contribution in [2.24, 2.45) is 4.99 Å². The molecule has 1 aliphatic rings. The van der Waals surface area contributed by atoms with Crippen LogP contribution < -0.4 is 5.32 Å². The van der Waals surface area contributed by atoms with Crippen LogP contribution in [0.4, 0.5) is 0 Å². The van der Waals surface area contributed by atoms with Gasteiger partial charge in [0.05, 0.1) is 17.5 Å². The molecule has 0 bridgehead atoms. The first-order valence-electron chi connectivity index (χ1n) is 6.59. The standard InChI is InChI=1S/C15H19N3/c1-12(14-8-6-13(11-16)7-9-14)18-15-5-3-2-4-10-17-15/h6-9,12H,2-5,10H2,1H3,(H,17,18). The van der Waals surface area contributed by atoms with Gasteiger partial charge in [0.2, 0.25) is 0 Å². The van der Waals surface area contributed by atoms with Crippen LogP contribution in [0.3, 0.4) is 0 Å². The van der Waals surface area contributed by atoms with Crippen molar-refractivity contribution in [1.29, 1.82) is 5.26 Å². The summed E-state index contributed by atoms with van der Waals surface area (Å²) in [6, 6.07) is 10.1. The van der Waals surface area contributed by atoms with E-state index in [0.29, 0.717) is 5.56 Å². The summed E-state index contributed by atoms with van der Waals surface area (Å²) in [6.45, 7) is 3.08. The first-order valence-corrected chi connectivity index (χ1v) is 6.59. The van der Waals surface area contributed by atoms with Crippen molar-refractivity contribution in [3.8, 4) is 6.07 Å². The van der Waals surface area contributed by atoms with Gasteiger partial charge in [-0.1, -0.05) is 18.6 Å². The van der Waals surface area contributed by atoms with Crippen molar-refractivity contribution >= 4 is 5.84 Å². The molecule has 1 atom stereocenters. The van der Waals surface area contributed by atoms with E-state index in [1.165, 1.54) is 24.8 Å². The third kappa shape index (κ3) is 3.33. The highest BCUT2D eigenvalue weighted by Crippen LogP contribution is 2.15. The van der Waals surface area contributed by atoms with Crippen LogP contribution in [0.25, 0.3) is 0 Å². The Labute approximate surface area is 109 Å². The summed E-state index contributed by atoms with van der Waals surface area (Å²) in [5.41, 5.74) is 1.90. The van der Waals surface area contributed by atoms with E-state index < -0.39 is 0 Å². The lowest BCUT2D eigenvalue weighted by atomic mass is 10.1. The summed E-state index contributed by atoms with van der Waals surface area (Å²) < 4.78 is 0. The summed E-state index contributed by atoms with van der Waals surface area (Å²) in [7, 11) is 0. The van der Waals surface area contributed by atoms with E-state index in [2.05, 4.69) is 23.3 Å². The SMILES string of the molecule is CC(NC1=NCCCCC1)c1ccc(C#N)cc1. The number of amidine groups is 1. The van der Waals surface area contributed by atoms with Crippen LogP contribution in [0.1, 0.15) is 49.8 Å². The summed E-state index contributed by atoms with van der Waals surface area (Å²) in [5.74, 6) is 1.13. The third-order valence-electron chi connectivity index (χ3n) is 3.30. The number of nitrogens with one attached hydrogen (secondary N) is 1. The average molecular weight is 241 g/mol. The van der Waals surface area contributed by atoms with E-state index in [-0.39, 0.29) is 6.04 Å². The molecule has 1 unspecified atom stereocenters. The van der Waals surface area contributed by atoms with Crippen LogP contribution >= 0.6 is 0 Å². The summed E-state index contributed by atoms with van der Waals surface area (Å²) >= 11 is 0. The lowest BCUT2D eigenvalue weighted by Gasteiger charge is -2.16. The Hall–Kier alpha value is -1.82. The highest BCUT2D eigenvalue weighted by atomic mass is 15.0. The molecule has 0 saturated carbocycles. The molecular formula is C15H19N3. The minimum Gasteiger partial charge on any atom is -0.367 e. The molecule has 94 valence electrons. The fourth-order valence-corrected chi connectivity index (χ4v) is 2.17. The van der Waals surface area contributed by atoms with Crippen LogP contribution in [0.5, 0.6) is 0 Å². The van der Waals surface area contributed by atoms with Crippen molar-refractivity contribution in [3.63, 3.8) is 0 Å². The molecule has 1 N–H and O–H groups in total. The highest BCUT2D eigenvalue weighted by molar-refractivity contribution is 5.82. The molecule has 18 heavy (non-hydrogen) atoms. The maximum atomic E-state index is 8.77. The molecule has 0 aromatic heterocycles. The first kappa shape index (κ1) is 12.6. The highest BCUT2D eigenvalue weighted by Gasteiger charge is 2.09. The van der Waals surface area contributed by atoms with Crippen molar-refractivity contribution in [1.82, 2.24) is 5.32 Å². The van der Waals surface area contributed by atoms with Gasteiger partial charge in [0.25, 0.3) is 0 Å². The van der Waals surface area contributed by atoms with Gasteiger partial charge in [-0.25, -0.2) is 0 Å². The number of hydrogen-bond donors (Lipinski definition) is 1. The maximum absolute atomic E-state index is 8.77. The molecule has 2 rings (SSSR count). The first-order chi connectivity index (χ1) is 8.79. The van der Waals surface area contributed by atoms with E-state index in [1.807, 2.05) is 24.3 Å². The van der Waals surface area contributed by atoms with Crippen molar-refractivity contribution in [2.75, 3.05) is 6.54 Å². The Kier molecular flexibility index (Phi) is 4.35. The molecule has 0 aliphatic carbocycles. The fraction of sp³-hybridized carbons (Fsp3) is 0.467. The van der Waals surface area contributed by atoms with Gasteiger partial charge in [0, 0.05) is 19.0 Å². The summed E-state index contributed by atoms with van der Waals surface area (Å²) in [6.07, 6.45) is 4.77. The van der Waals surface area contributed by atoms with Gasteiger partial charge in [0.1, 0.15) is 0 Å². The molecule has 0 radical (unpaired) electrons. The van der Waals surface area contributed by atoms with E-state index in [0.717, 1.165) is 18.8 Å². The quantitative estimate of drug-likeness (QED) is 0.864. The molecule has 1 aliphatic heterocycles. The smallest absolute Gasteiger partial charge is 0.0991 e. The largest absolute Gasteiger partial charge is 0.367 e. The number of nitrogens with zero attached hydrogens (tertiary/aromatic N) is 2. The molecule has 1 heterocycles. The Morgan fingerprint density at radius 1 is 1.22 bits per heavy atom.